The molecule has 0 unspecified atom stereocenters. The minimum atomic E-state index is -0.465. The topological polar surface area (TPSA) is 51.7 Å². The zero-order chi connectivity index (χ0) is 15.8. The van der Waals surface area contributed by atoms with E-state index in [1.165, 1.54) is 11.1 Å². The van der Waals surface area contributed by atoms with Gasteiger partial charge in [0.05, 0.1) is 12.8 Å². The van der Waals surface area contributed by atoms with Crippen LogP contribution in [0.1, 0.15) is 19.8 Å². The fourth-order valence-corrected chi connectivity index (χ4v) is 1.78. The molecule has 5 nitrogen and oxygen atoms in total. The maximum absolute atomic E-state index is 12.1. The minimum absolute atomic E-state index is 0.416. The molecule has 0 fully saturated rings. The van der Waals surface area contributed by atoms with Crippen molar-refractivity contribution in [3.63, 3.8) is 0 Å². The van der Waals surface area contributed by atoms with Crippen LogP contribution in [0.5, 0.6) is 11.5 Å². The third-order valence-corrected chi connectivity index (χ3v) is 3.10. The number of ether oxygens (including phenoxy) is 2. The van der Waals surface area contributed by atoms with Crippen molar-refractivity contribution in [1.82, 2.24) is 4.98 Å². The molecule has 2 rings (SSSR count). The lowest BCUT2D eigenvalue weighted by Gasteiger charge is -2.17. The first-order chi connectivity index (χ1) is 10.7. The Hall–Kier alpha value is -2.56. The van der Waals surface area contributed by atoms with Crippen molar-refractivity contribution in [3.8, 4) is 11.5 Å². The lowest BCUT2D eigenvalue weighted by molar-refractivity contribution is 0.209. The van der Waals surface area contributed by atoms with Crippen molar-refractivity contribution < 1.29 is 14.3 Å². The minimum Gasteiger partial charge on any atom is -0.494 e. The van der Waals surface area contributed by atoms with E-state index in [0.29, 0.717) is 12.4 Å². The third kappa shape index (κ3) is 4.48. The van der Waals surface area contributed by atoms with Crippen molar-refractivity contribution >= 4 is 11.8 Å². The van der Waals surface area contributed by atoms with E-state index in [0.717, 1.165) is 24.3 Å². The Bertz CT molecular complexity index is 585. The van der Waals surface area contributed by atoms with Gasteiger partial charge in [0.15, 0.2) is 5.75 Å². The van der Waals surface area contributed by atoms with E-state index in [4.69, 9.17) is 9.47 Å². The molecule has 0 aliphatic rings. The number of carbonyl (C=O) groups is 1. The Kier molecular flexibility index (Phi) is 5.77. The van der Waals surface area contributed by atoms with Gasteiger partial charge in [-0.05, 0) is 42.8 Å². The third-order valence-electron chi connectivity index (χ3n) is 3.10. The normalized spacial score (nSPS) is 10.1. The molecule has 1 heterocycles. The number of rotatable bonds is 6. The summed E-state index contributed by atoms with van der Waals surface area (Å²) in [7, 11) is 1.66. The molecule has 5 heteroatoms. The van der Waals surface area contributed by atoms with Gasteiger partial charge in [-0.1, -0.05) is 13.3 Å². The first-order valence-electron chi connectivity index (χ1n) is 7.29. The van der Waals surface area contributed by atoms with Crippen molar-refractivity contribution in [2.24, 2.45) is 0 Å². The number of hydrogen-bond donors (Lipinski definition) is 0. The van der Waals surface area contributed by atoms with Crippen LogP contribution >= 0.6 is 0 Å². The number of hydrogen-bond acceptors (Lipinski definition) is 4. The standard InChI is InChI=1S/C17H20N2O3/c1-3-4-12-21-15-9-7-14(8-10-15)19(2)17(20)22-16-6-5-11-18-13-16/h5-11,13H,3-4,12H2,1-2H3. The molecular formula is C17H20N2O3. The summed E-state index contributed by atoms with van der Waals surface area (Å²) < 4.78 is 10.8. The molecule has 0 bridgehead atoms. The summed E-state index contributed by atoms with van der Waals surface area (Å²) in [6, 6.07) is 10.7. The van der Waals surface area contributed by atoms with Crippen LogP contribution in [0, 0.1) is 0 Å². The molecule has 0 N–H and O–H groups in total. The first-order valence-corrected chi connectivity index (χ1v) is 7.29. The number of nitrogens with zero attached hydrogens (tertiary/aromatic N) is 2. The van der Waals surface area contributed by atoms with Gasteiger partial charge in [0, 0.05) is 18.9 Å². The van der Waals surface area contributed by atoms with E-state index in [2.05, 4.69) is 11.9 Å². The molecule has 0 saturated heterocycles. The smallest absolute Gasteiger partial charge is 0.419 e. The summed E-state index contributed by atoms with van der Waals surface area (Å²) in [5, 5.41) is 0. The average Bonchev–Trinajstić information content (AvgIpc) is 2.56. The first kappa shape index (κ1) is 15.8. The number of carbonyl (C=O) groups excluding carboxylic acids is 1. The van der Waals surface area contributed by atoms with Gasteiger partial charge in [0.1, 0.15) is 5.75 Å². The van der Waals surface area contributed by atoms with Crippen molar-refractivity contribution in [3.05, 3.63) is 48.8 Å². The van der Waals surface area contributed by atoms with Gasteiger partial charge >= 0.3 is 6.09 Å². The highest BCUT2D eigenvalue weighted by Crippen LogP contribution is 2.20. The second kappa shape index (κ2) is 8.02. The largest absolute Gasteiger partial charge is 0.494 e. The van der Waals surface area contributed by atoms with Gasteiger partial charge in [-0.2, -0.15) is 0 Å². The summed E-state index contributed by atoms with van der Waals surface area (Å²) in [6.45, 7) is 2.82. The van der Waals surface area contributed by atoms with E-state index >= 15 is 0 Å². The van der Waals surface area contributed by atoms with Gasteiger partial charge in [-0.15, -0.1) is 0 Å². The van der Waals surface area contributed by atoms with Crippen LogP contribution in [0.15, 0.2) is 48.8 Å². The molecule has 2 aromatic rings. The number of pyridine rings is 1. The van der Waals surface area contributed by atoms with E-state index in [9.17, 15) is 4.79 Å². The highest BCUT2D eigenvalue weighted by Gasteiger charge is 2.13. The van der Waals surface area contributed by atoms with Crippen LogP contribution in [-0.4, -0.2) is 24.7 Å². The van der Waals surface area contributed by atoms with Gasteiger partial charge in [-0.3, -0.25) is 9.88 Å². The average molecular weight is 300 g/mol. The van der Waals surface area contributed by atoms with Crippen molar-refractivity contribution in [1.29, 1.82) is 0 Å². The molecule has 1 aromatic heterocycles. The highest BCUT2D eigenvalue weighted by molar-refractivity contribution is 5.88. The predicted molar refractivity (Wildman–Crippen MR) is 85.5 cm³/mol. The lowest BCUT2D eigenvalue weighted by Crippen LogP contribution is -2.29. The molecule has 22 heavy (non-hydrogen) atoms. The van der Waals surface area contributed by atoms with Gasteiger partial charge in [-0.25, -0.2) is 4.79 Å². The Morgan fingerprint density at radius 2 is 1.95 bits per heavy atom. The molecule has 0 aliphatic carbocycles. The lowest BCUT2D eigenvalue weighted by atomic mass is 10.3. The zero-order valence-electron chi connectivity index (χ0n) is 12.9. The van der Waals surface area contributed by atoms with Crippen LogP contribution < -0.4 is 14.4 Å². The SMILES string of the molecule is CCCCOc1ccc(N(C)C(=O)Oc2cccnc2)cc1. The molecular weight excluding hydrogens is 280 g/mol. The Balaban J connectivity index is 1.94. The van der Waals surface area contributed by atoms with E-state index in [1.54, 1.807) is 25.4 Å². The zero-order valence-corrected chi connectivity index (χ0v) is 12.9. The van der Waals surface area contributed by atoms with Gasteiger partial charge in [0.2, 0.25) is 0 Å². The fourth-order valence-electron chi connectivity index (χ4n) is 1.78. The van der Waals surface area contributed by atoms with Gasteiger partial charge in [0.25, 0.3) is 0 Å². The van der Waals surface area contributed by atoms with Crippen LogP contribution in [0.2, 0.25) is 0 Å². The summed E-state index contributed by atoms with van der Waals surface area (Å²) in [6.07, 6.45) is 4.78. The van der Waals surface area contributed by atoms with Gasteiger partial charge < -0.3 is 9.47 Å². The summed E-state index contributed by atoms with van der Waals surface area (Å²) >= 11 is 0. The van der Waals surface area contributed by atoms with Crippen LogP contribution in [0.25, 0.3) is 0 Å². The molecule has 1 amide bonds. The van der Waals surface area contributed by atoms with Crippen LogP contribution in [0.4, 0.5) is 10.5 Å². The fraction of sp³-hybridized carbons (Fsp3) is 0.294. The number of benzene rings is 1. The monoisotopic (exact) mass is 300 g/mol. The number of aromatic nitrogens is 1. The maximum atomic E-state index is 12.1. The predicted octanol–water partition coefficient (Wildman–Crippen LogP) is 3.90. The Morgan fingerprint density at radius 3 is 2.59 bits per heavy atom. The van der Waals surface area contributed by atoms with Crippen molar-refractivity contribution in [2.75, 3.05) is 18.6 Å². The van der Waals surface area contributed by atoms with Crippen LogP contribution in [0.3, 0.4) is 0 Å². The molecule has 0 saturated carbocycles. The number of anilines is 1. The van der Waals surface area contributed by atoms with E-state index in [1.807, 2.05) is 24.3 Å². The summed E-state index contributed by atoms with van der Waals surface area (Å²) in [5.41, 5.74) is 0.733. The van der Waals surface area contributed by atoms with E-state index in [-0.39, 0.29) is 0 Å². The second-order valence-electron chi connectivity index (χ2n) is 4.81. The molecule has 0 aliphatic heterocycles. The van der Waals surface area contributed by atoms with Crippen LogP contribution in [-0.2, 0) is 0 Å². The molecule has 0 spiro atoms. The maximum Gasteiger partial charge on any atom is 0.419 e. The Morgan fingerprint density at radius 1 is 1.18 bits per heavy atom. The molecule has 0 atom stereocenters. The number of unbranched alkanes of at least 4 members (excludes halogenated alkanes) is 1. The number of amides is 1. The Labute approximate surface area is 130 Å². The van der Waals surface area contributed by atoms with E-state index < -0.39 is 6.09 Å². The second-order valence-corrected chi connectivity index (χ2v) is 4.81. The molecule has 116 valence electrons. The quantitative estimate of drug-likeness (QED) is 0.759. The summed E-state index contributed by atoms with van der Waals surface area (Å²) in [4.78, 5) is 17.4. The molecule has 1 aromatic carbocycles. The molecule has 0 radical (unpaired) electrons. The highest BCUT2D eigenvalue weighted by atomic mass is 16.6. The van der Waals surface area contributed by atoms with Crippen molar-refractivity contribution in [2.45, 2.75) is 19.8 Å². The summed E-state index contributed by atoms with van der Waals surface area (Å²) in [5.74, 6) is 1.21.